The summed E-state index contributed by atoms with van der Waals surface area (Å²) in [5, 5.41) is 14.2. The number of fused-ring (bicyclic) bond motifs is 1. The molecule has 1 aliphatic heterocycles. The fraction of sp³-hybridized carbons (Fsp3) is 0.615. The van der Waals surface area contributed by atoms with Gasteiger partial charge in [0.25, 0.3) is 0 Å². The van der Waals surface area contributed by atoms with Crippen molar-refractivity contribution in [2.45, 2.75) is 24.9 Å². The second-order valence-corrected chi connectivity index (χ2v) is 5.59. The number of hydrogen-bond acceptors (Lipinski definition) is 6. The van der Waals surface area contributed by atoms with Crippen LogP contribution in [0.4, 0.5) is 5.82 Å². The lowest BCUT2D eigenvalue weighted by atomic mass is 10.2. The summed E-state index contributed by atoms with van der Waals surface area (Å²) in [7, 11) is 0. The SMILES string of the molecule is O=c1[nH]nc2ccc(N3CCOCC3CNC3CC3)nn12. The molecule has 1 aliphatic carbocycles. The molecule has 2 aromatic heterocycles. The zero-order chi connectivity index (χ0) is 14.2. The maximum atomic E-state index is 11.6. The van der Waals surface area contributed by atoms with Gasteiger partial charge in [0.1, 0.15) is 5.82 Å². The van der Waals surface area contributed by atoms with Gasteiger partial charge in [0.2, 0.25) is 0 Å². The molecule has 21 heavy (non-hydrogen) atoms. The molecule has 1 saturated heterocycles. The number of nitrogens with zero attached hydrogens (tertiary/aromatic N) is 4. The van der Waals surface area contributed by atoms with Crippen molar-refractivity contribution in [3.05, 3.63) is 22.6 Å². The highest BCUT2D eigenvalue weighted by Gasteiger charge is 2.28. The van der Waals surface area contributed by atoms with E-state index in [-0.39, 0.29) is 11.7 Å². The van der Waals surface area contributed by atoms with E-state index in [1.165, 1.54) is 17.4 Å². The number of ether oxygens (including phenoxy) is 1. The molecule has 2 aliphatic rings. The quantitative estimate of drug-likeness (QED) is 0.780. The molecular weight excluding hydrogens is 272 g/mol. The van der Waals surface area contributed by atoms with Gasteiger partial charge in [-0.2, -0.15) is 9.61 Å². The maximum absolute atomic E-state index is 11.6. The molecule has 0 spiro atoms. The summed E-state index contributed by atoms with van der Waals surface area (Å²) in [4.78, 5) is 13.9. The molecule has 0 bridgehead atoms. The minimum absolute atomic E-state index is 0.243. The number of anilines is 1. The van der Waals surface area contributed by atoms with Crippen molar-refractivity contribution in [2.24, 2.45) is 0 Å². The first kappa shape index (κ1) is 12.8. The fourth-order valence-corrected chi connectivity index (χ4v) is 2.66. The van der Waals surface area contributed by atoms with Crippen LogP contribution in [0.3, 0.4) is 0 Å². The van der Waals surface area contributed by atoms with E-state index in [1.54, 1.807) is 6.07 Å². The highest BCUT2D eigenvalue weighted by atomic mass is 16.5. The first-order valence-corrected chi connectivity index (χ1v) is 7.33. The Morgan fingerprint density at radius 1 is 1.43 bits per heavy atom. The van der Waals surface area contributed by atoms with Crippen LogP contribution < -0.4 is 15.9 Å². The Balaban J connectivity index is 1.60. The third-order valence-corrected chi connectivity index (χ3v) is 4.00. The Bertz CT molecular complexity index is 691. The molecule has 1 saturated carbocycles. The maximum Gasteiger partial charge on any atom is 0.364 e. The van der Waals surface area contributed by atoms with Gasteiger partial charge in [0.05, 0.1) is 19.3 Å². The number of aromatic amines is 1. The van der Waals surface area contributed by atoms with Crippen molar-refractivity contribution in [1.82, 2.24) is 25.1 Å². The van der Waals surface area contributed by atoms with E-state index >= 15 is 0 Å². The van der Waals surface area contributed by atoms with Crippen molar-refractivity contribution in [2.75, 3.05) is 31.2 Å². The molecule has 8 nitrogen and oxygen atoms in total. The van der Waals surface area contributed by atoms with Gasteiger partial charge in [-0.1, -0.05) is 0 Å². The number of H-pyrrole nitrogens is 1. The average molecular weight is 290 g/mol. The van der Waals surface area contributed by atoms with E-state index < -0.39 is 0 Å². The second kappa shape index (κ2) is 5.12. The number of nitrogens with one attached hydrogen (secondary N) is 2. The average Bonchev–Trinajstić information content (AvgIpc) is 3.29. The fourth-order valence-electron chi connectivity index (χ4n) is 2.66. The van der Waals surface area contributed by atoms with Crippen molar-refractivity contribution >= 4 is 11.5 Å². The van der Waals surface area contributed by atoms with Gasteiger partial charge in [0, 0.05) is 19.1 Å². The molecule has 1 atom stereocenters. The molecule has 0 radical (unpaired) electrons. The molecule has 0 aromatic carbocycles. The Morgan fingerprint density at radius 3 is 3.19 bits per heavy atom. The van der Waals surface area contributed by atoms with Gasteiger partial charge in [-0.05, 0) is 25.0 Å². The van der Waals surface area contributed by atoms with E-state index in [0.29, 0.717) is 24.9 Å². The van der Waals surface area contributed by atoms with Crippen molar-refractivity contribution in [3.63, 3.8) is 0 Å². The third kappa shape index (κ3) is 2.52. The Labute approximate surface area is 121 Å². The summed E-state index contributed by atoms with van der Waals surface area (Å²) in [5.74, 6) is 0.789. The first-order valence-electron chi connectivity index (χ1n) is 7.33. The normalized spacial score (nSPS) is 22.9. The van der Waals surface area contributed by atoms with Gasteiger partial charge in [-0.25, -0.2) is 9.89 Å². The summed E-state index contributed by atoms with van der Waals surface area (Å²) in [6, 6.07) is 4.62. The predicted octanol–water partition coefficient (Wildman–Crippen LogP) is -0.625. The van der Waals surface area contributed by atoms with Crippen LogP contribution >= 0.6 is 0 Å². The van der Waals surface area contributed by atoms with E-state index in [2.05, 4.69) is 25.5 Å². The highest BCUT2D eigenvalue weighted by Crippen LogP contribution is 2.21. The lowest BCUT2D eigenvalue weighted by molar-refractivity contribution is 0.0931. The van der Waals surface area contributed by atoms with Crippen LogP contribution in [-0.2, 0) is 4.74 Å². The highest BCUT2D eigenvalue weighted by molar-refractivity contribution is 5.46. The summed E-state index contributed by atoms with van der Waals surface area (Å²) in [6.07, 6.45) is 2.53. The van der Waals surface area contributed by atoms with E-state index in [9.17, 15) is 4.79 Å². The lowest BCUT2D eigenvalue weighted by Crippen LogP contribution is -2.51. The van der Waals surface area contributed by atoms with Crippen molar-refractivity contribution in [1.29, 1.82) is 0 Å². The Kier molecular flexibility index (Phi) is 3.12. The summed E-state index contributed by atoms with van der Waals surface area (Å²) < 4.78 is 6.89. The molecule has 0 amide bonds. The molecule has 4 rings (SSSR count). The van der Waals surface area contributed by atoms with Crippen LogP contribution in [0.5, 0.6) is 0 Å². The molecule has 112 valence electrons. The zero-order valence-corrected chi connectivity index (χ0v) is 11.7. The van der Waals surface area contributed by atoms with Gasteiger partial charge in [0.15, 0.2) is 5.65 Å². The Morgan fingerprint density at radius 2 is 2.33 bits per heavy atom. The number of rotatable bonds is 4. The molecule has 8 heteroatoms. The molecular formula is C13H18N6O2. The molecule has 2 fully saturated rings. The number of morpholine rings is 1. The van der Waals surface area contributed by atoms with Crippen LogP contribution in [0.15, 0.2) is 16.9 Å². The van der Waals surface area contributed by atoms with Gasteiger partial charge >= 0.3 is 5.69 Å². The predicted molar refractivity (Wildman–Crippen MR) is 76.6 cm³/mol. The molecule has 1 unspecified atom stereocenters. The van der Waals surface area contributed by atoms with Crippen LogP contribution in [-0.4, -0.2) is 58.2 Å². The molecule has 3 heterocycles. The van der Waals surface area contributed by atoms with Crippen molar-refractivity contribution < 1.29 is 4.74 Å². The summed E-state index contributed by atoms with van der Waals surface area (Å²) >= 11 is 0. The smallest absolute Gasteiger partial charge is 0.364 e. The van der Waals surface area contributed by atoms with Gasteiger partial charge in [-0.3, -0.25) is 0 Å². The number of aromatic nitrogens is 4. The standard InChI is InChI=1S/C13H18N6O2/c20-13-16-15-11-3-4-12(17-19(11)13)18-5-6-21-8-10(18)7-14-9-1-2-9/h3-4,9-10,14H,1-2,5-8H2,(H,16,20). The number of hydrogen-bond donors (Lipinski definition) is 2. The third-order valence-electron chi connectivity index (χ3n) is 4.00. The van der Waals surface area contributed by atoms with E-state index in [4.69, 9.17) is 4.74 Å². The minimum atomic E-state index is -0.312. The molecule has 2 aromatic rings. The Hall–Kier alpha value is -1.93. The van der Waals surface area contributed by atoms with Gasteiger partial charge < -0.3 is 15.0 Å². The minimum Gasteiger partial charge on any atom is -0.377 e. The van der Waals surface area contributed by atoms with E-state index in [0.717, 1.165) is 18.9 Å². The van der Waals surface area contributed by atoms with Crippen LogP contribution in [0.25, 0.3) is 5.65 Å². The van der Waals surface area contributed by atoms with E-state index in [1.807, 2.05) is 6.07 Å². The topological polar surface area (TPSA) is 87.5 Å². The first-order chi connectivity index (χ1) is 10.3. The largest absolute Gasteiger partial charge is 0.377 e. The zero-order valence-electron chi connectivity index (χ0n) is 11.7. The van der Waals surface area contributed by atoms with Crippen LogP contribution in [0.2, 0.25) is 0 Å². The summed E-state index contributed by atoms with van der Waals surface area (Å²) in [5.41, 5.74) is 0.220. The van der Waals surface area contributed by atoms with Crippen LogP contribution in [0, 0.1) is 0 Å². The summed E-state index contributed by atoms with van der Waals surface area (Å²) in [6.45, 7) is 3.02. The second-order valence-electron chi connectivity index (χ2n) is 5.59. The lowest BCUT2D eigenvalue weighted by Gasteiger charge is -2.36. The molecule has 2 N–H and O–H groups in total. The van der Waals surface area contributed by atoms with Crippen LogP contribution in [0.1, 0.15) is 12.8 Å². The monoisotopic (exact) mass is 290 g/mol. The van der Waals surface area contributed by atoms with Crippen molar-refractivity contribution in [3.8, 4) is 0 Å². The van der Waals surface area contributed by atoms with Gasteiger partial charge in [-0.15, -0.1) is 5.10 Å².